The Morgan fingerprint density at radius 1 is 0.327 bits per heavy atom. The fourth-order valence-corrected chi connectivity index (χ4v) is 14.8. The number of ether oxygens (including phenoxy) is 5. The fourth-order valence-electron chi connectivity index (χ4n) is 14.3. The Labute approximate surface area is 655 Å². The summed E-state index contributed by atoms with van der Waals surface area (Å²) in [7, 11) is 0. The molecule has 5 aliphatic rings. The van der Waals surface area contributed by atoms with Crippen LogP contribution in [0.2, 0.25) is 20.1 Å². The SMILES string of the molecule is Cc1ccc(-c2nc(N3CCOCC3)n3ccncc23)cc1.Clc1ccc(-c2nc(C3CCOC3)n3ccncc23)cc1.Clc1ccc(-c2nc(CC3CCOCC3)n3ccncc23)cc1.Clc1ccc(-c2nc(N3CCOCC3)n3ccncc23)cc1.Clc1ccc(-c2nc(N3CCOCC3)n3ccncc23)cc1. The molecular weight excluding hydrogens is 1470 g/mol. The van der Waals surface area contributed by atoms with Gasteiger partial charge in [0.15, 0.2) is 0 Å². The average molecular weight is 1550 g/mol. The lowest BCUT2D eigenvalue weighted by atomic mass is 9.96. The van der Waals surface area contributed by atoms with Crippen LogP contribution in [0.4, 0.5) is 17.8 Å². The number of nitrogens with zero attached hydrogens (tertiary/aromatic N) is 18. The van der Waals surface area contributed by atoms with Crippen LogP contribution in [0, 0.1) is 12.8 Å². The quantitative estimate of drug-likeness (QED) is 0.118. The predicted molar refractivity (Wildman–Crippen MR) is 431 cm³/mol. The molecule has 15 aromatic rings. The number of aryl methyl sites for hydroxylation is 1. The number of anilines is 3. The van der Waals surface area contributed by atoms with Gasteiger partial charge in [0.1, 0.15) is 11.6 Å². The highest BCUT2D eigenvalue weighted by Gasteiger charge is 2.27. The Hall–Kier alpha value is -10.4. The van der Waals surface area contributed by atoms with Crippen LogP contribution in [0.5, 0.6) is 0 Å². The lowest BCUT2D eigenvalue weighted by Crippen LogP contribution is -2.37. The summed E-state index contributed by atoms with van der Waals surface area (Å²) >= 11 is 23.9. The minimum Gasteiger partial charge on any atom is -0.381 e. The zero-order chi connectivity index (χ0) is 74.7. The zero-order valence-electron chi connectivity index (χ0n) is 60.6. The summed E-state index contributed by atoms with van der Waals surface area (Å²) in [5, 5.41) is 2.90. The number of aromatic nitrogens is 15. The summed E-state index contributed by atoms with van der Waals surface area (Å²) in [6.07, 6.45) is 32.3. The molecular formula is C83H80Cl4N18O5. The van der Waals surface area contributed by atoms with Crippen molar-refractivity contribution in [2.75, 3.05) is 120 Å². The molecule has 0 saturated carbocycles. The van der Waals surface area contributed by atoms with E-state index in [0.29, 0.717) is 11.8 Å². The highest BCUT2D eigenvalue weighted by molar-refractivity contribution is 6.31. The third-order valence-corrected chi connectivity index (χ3v) is 21.1. The van der Waals surface area contributed by atoms with Crippen molar-refractivity contribution in [3.05, 3.63) is 252 Å². The summed E-state index contributed by atoms with van der Waals surface area (Å²) in [4.78, 5) is 52.5. The van der Waals surface area contributed by atoms with Crippen LogP contribution in [0.25, 0.3) is 83.9 Å². The van der Waals surface area contributed by atoms with Crippen molar-refractivity contribution >= 4 is 91.8 Å². The van der Waals surface area contributed by atoms with Gasteiger partial charge < -0.3 is 42.8 Å². The molecule has 20 rings (SSSR count). The largest absolute Gasteiger partial charge is 0.381 e. The van der Waals surface area contributed by atoms with E-state index < -0.39 is 0 Å². The summed E-state index contributed by atoms with van der Waals surface area (Å²) in [5.74, 6) is 5.98. The summed E-state index contributed by atoms with van der Waals surface area (Å²) in [5.41, 5.74) is 16.4. The molecule has 15 heterocycles. The molecule has 0 amide bonds. The van der Waals surface area contributed by atoms with Crippen LogP contribution in [0.15, 0.2) is 214 Å². The molecule has 0 aliphatic carbocycles. The first kappa shape index (κ1) is 73.7. The van der Waals surface area contributed by atoms with E-state index in [9.17, 15) is 0 Å². The standard InChI is InChI=1S/C18H18ClN3O.C17H18N4O.2C16H15ClN4O.C16H14ClN3O/c19-15-3-1-14(2-4-15)18-16-12-20-7-8-22(16)17(21-18)11-13-5-9-23-10-6-13;1-13-2-4-14(5-3-13)16-15-12-18-6-7-21(15)17(19-16)20-8-10-22-11-9-20;2*17-13-3-1-12(2-4-13)15-14-11-18-5-6-21(14)16(19-15)20-7-9-22-10-8-20;17-13-3-1-11(2-4-13)15-14-9-18-6-7-20(14)16(19-15)12-5-8-21-10-12/h1-4,7-8,12-13H,5-6,9-11H2;2-7,12H,8-11H2,1H3;2*1-6,11H,7-10H2;1-4,6-7,9,12H,5,8,10H2. The molecule has 0 spiro atoms. The lowest BCUT2D eigenvalue weighted by molar-refractivity contribution is 0.0659. The molecule has 1 unspecified atom stereocenters. The highest BCUT2D eigenvalue weighted by atomic mass is 35.5. The number of benzene rings is 5. The van der Waals surface area contributed by atoms with E-state index in [-0.39, 0.29) is 0 Å². The van der Waals surface area contributed by atoms with Gasteiger partial charge in [0.25, 0.3) is 0 Å². The Kier molecular flexibility index (Phi) is 23.2. The van der Waals surface area contributed by atoms with Gasteiger partial charge in [-0.15, -0.1) is 0 Å². The van der Waals surface area contributed by atoms with Crippen LogP contribution < -0.4 is 14.7 Å². The summed E-state index contributed by atoms with van der Waals surface area (Å²) in [6, 6.07) is 39.5. The Balaban J connectivity index is 0.000000104. The first-order valence-corrected chi connectivity index (χ1v) is 38.5. The number of hydrogen-bond donors (Lipinski definition) is 0. The molecule has 560 valence electrons. The first-order chi connectivity index (χ1) is 54.1. The van der Waals surface area contributed by atoms with Crippen LogP contribution in [-0.2, 0) is 30.1 Å². The molecule has 23 nitrogen and oxygen atoms in total. The van der Waals surface area contributed by atoms with Crippen molar-refractivity contribution < 1.29 is 23.7 Å². The second kappa shape index (κ2) is 34.6. The van der Waals surface area contributed by atoms with Crippen LogP contribution in [0.1, 0.15) is 42.4 Å². The highest BCUT2D eigenvalue weighted by Crippen LogP contribution is 2.36. The monoisotopic (exact) mass is 1550 g/mol. The molecule has 110 heavy (non-hydrogen) atoms. The first-order valence-electron chi connectivity index (χ1n) is 37.0. The maximum Gasteiger partial charge on any atom is 0.211 e. The molecule has 5 fully saturated rings. The summed E-state index contributed by atoms with van der Waals surface area (Å²) in [6.45, 7) is 14.9. The topological polar surface area (TPSA) is 207 Å². The second-order valence-corrected chi connectivity index (χ2v) is 28.9. The molecule has 10 aromatic heterocycles. The normalized spacial score (nSPS) is 16.1. The zero-order valence-corrected chi connectivity index (χ0v) is 63.6. The van der Waals surface area contributed by atoms with Crippen molar-refractivity contribution in [1.29, 1.82) is 0 Å². The van der Waals surface area contributed by atoms with Gasteiger partial charge in [-0.25, -0.2) is 24.9 Å². The van der Waals surface area contributed by atoms with Gasteiger partial charge in [-0.3, -0.25) is 42.5 Å². The predicted octanol–water partition coefficient (Wildman–Crippen LogP) is 15.9. The van der Waals surface area contributed by atoms with E-state index in [0.717, 1.165) is 264 Å². The number of halogens is 4. The van der Waals surface area contributed by atoms with Gasteiger partial charge in [0.05, 0.1) is 133 Å². The molecule has 5 saturated heterocycles. The molecule has 27 heteroatoms. The minimum atomic E-state index is 0.348. The Morgan fingerprint density at radius 2 is 0.627 bits per heavy atom. The van der Waals surface area contributed by atoms with Gasteiger partial charge >= 0.3 is 0 Å². The maximum absolute atomic E-state index is 6.00. The molecule has 5 aliphatic heterocycles. The Bertz CT molecular complexity index is 5230. The molecule has 0 bridgehead atoms. The third kappa shape index (κ3) is 16.7. The van der Waals surface area contributed by atoms with Crippen molar-refractivity contribution in [1.82, 2.24) is 71.8 Å². The van der Waals surface area contributed by atoms with E-state index >= 15 is 0 Å². The van der Waals surface area contributed by atoms with Gasteiger partial charge in [0.2, 0.25) is 17.8 Å². The van der Waals surface area contributed by atoms with Crippen LogP contribution in [-0.4, -0.2) is 177 Å². The second-order valence-electron chi connectivity index (χ2n) is 27.1. The van der Waals surface area contributed by atoms with E-state index in [2.05, 4.69) is 92.8 Å². The van der Waals surface area contributed by atoms with Crippen LogP contribution >= 0.6 is 46.4 Å². The van der Waals surface area contributed by atoms with Gasteiger partial charge in [-0.2, -0.15) is 0 Å². The van der Waals surface area contributed by atoms with E-state index in [1.165, 1.54) is 5.56 Å². The van der Waals surface area contributed by atoms with Gasteiger partial charge in [-0.05, 0) is 80.6 Å². The molecule has 5 aromatic carbocycles. The molecule has 0 radical (unpaired) electrons. The number of imidazole rings is 5. The average Bonchev–Trinajstić information content (AvgIpc) is 1.66. The van der Waals surface area contributed by atoms with E-state index in [1.807, 2.05) is 165 Å². The van der Waals surface area contributed by atoms with Crippen LogP contribution in [0.3, 0.4) is 0 Å². The van der Waals surface area contributed by atoms with Crippen molar-refractivity contribution in [2.45, 2.75) is 38.5 Å². The Morgan fingerprint density at radius 3 is 0.991 bits per heavy atom. The van der Waals surface area contributed by atoms with E-state index in [1.54, 1.807) is 24.8 Å². The van der Waals surface area contributed by atoms with Gasteiger partial charge in [0, 0.05) is 181 Å². The van der Waals surface area contributed by atoms with E-state index in [4.69, 9.17) is 95.0 Å². The smallest absolute Gasteiger partial charge is 0.211 e. The minimum absolute atomic E-state index is 0.348. The lowest BCUT2D eigenvalue weighted by Gasteiger charge is -2.26. The number of morpholine rings is 3. The summed E-state index contributed by atoms with van der Waals surface area (Å²) < 4.78 is 37.8. The molecule has 0 N–H and O–H groups in total. The fraction of sp³-hybridized carbons (Fsp3) is 0.277. The van der Waals surface area contributed by atoms with Crippen molar-refractivity contribution in [3.8, 4) is 56.3 Å². The van der Waals surface area contributed by atoms with Gasteiger partial charge in [-0.1, -0.05) is 125 Å². The van der Waals surface area contributed by atoms with Crippen molar-refractivity contribution in [2.24, 2.45) is 5.92 Å². The maximum atomic E-state index is 6.00. The number of rotatable bonds is 11. The number of fused-ring (bicyclic) bond motifs is 5. The third-order valence-electron chi connectivity index (χ3n) is 20.1. The number of hydrogen-bond acceptors (Lipinski definition) is 18. The van der Waals surface area contributed by atoms with Crippen molar-refractivity contribution in [3.63, 3.8) is 0 Å². The molecule has 1 atom stereocenters.